The first-order valence-corrected chi connectivity index (χ1v) is 6.33. The molecule has 5 nitrogen and oxygen atoms in total. The summed E-state index contributed by atoms with van der Waals surface area (Å²) in [5, 5.41) is 5.95. The summed E-state index contributed by atoms with van der Waals surface area (Å²) in [7, 11) is 1.80. The average Bonchev–Trinajstić information content (AvgIpc) is 2.35. The van der Waals surface area contributed by atoms with Crippen molar-refractivity contribution >= 4 is 5.91 Å². The Morgan fingerprint density at radius 2 is 2.00 bits per heavy atom. The fraction of sp³-hybridized carbons (Fsp3) is 0.917. The Hall–Kier alpha value is -0.650. The van der Waals surface area contributed by atoms with Gasteiger partial charge in [-0.1, -0.05) is 0 Å². The molecule has 0 atom stereocenters. The van der Waals surface area contributed by atoms with Crippen LogP contribution in [0.4, 0.5) is 0 Å². The number of carbonyl (C=O) groups excluding carboxylic acids is 1. The molecule has 1 heterocycles. The molecule has 1 amide bonds. The van der Waals surface area contributed by atoms with E-state index in [9.17, 15) is 4.79 Å². The topological polar surface area (TPSA) is 53.6 Å². The Morgan fingerprint density at radius 1 is 1.35 bits per heavy atom. The largest absolute Gasteiger partial charge is 0.379 e. The van der Waals surface area contributed by atoms with Crippen molar-refractivity contribution in [2.24, 2.45) is 0 Å². The summed E-state index contributed by atoms with van der Waals surface area (Å²) in [6, 6.07) is 0. The number of carbonyl (C=O) groups is 1. The van der Waals surface area contributed by atoms with E-state index in [2.05, 4.69) is 15.5 Å². The molecule has 0 aromatic heterocycles. The molecule has 0 saturated carbocycles. The highest BCUT2D eigenvalue weighted by atomic mass is 16.5. The lowest BCUT2D eigenvalue weighted by Gasteiger charge is -2.27. The van der Waals surface area contributed by atoms with Gasteiger partial charge in [0.2, 0.25) is 5.91 Å². The van der Waals surface area contributed by atoms with E-state index in [4.69, 9.17) is 4.74 Å². The van der Waals surface area contributed by atoms with Gasteiger partial charge in [0.25, 0.3) is 0 Å². The highest BCUT2D eigenvalue weighted by Gasteiger charge is 2.24. The highest BCUT2D eigenvalue weighted by Crippen LogP contribution is 2.01. The van der Waals surface area contributed by atoms with Crippen molar-refractivity contribution in [2.75, 3.05) is 46.4 Å². The van der Waals surface area contributed by atoms with Crippen molar-refractivity contribution in [1.29, 1.82) is 0 Å². The van der Waals surface area contributed by atoms with Crippen LogP contribution in [0.15, 0.2) is 0 Å². The van der Waals surface area contributed by atoms with Gasteiger partial charge in [-0.05, 0) is 33.9 Å². The van der Waals surface area contributed by atoms with Gasteiger partial charge in [0.15, 0.2) is 0 Å². The zero-order valence-electron chi connectivity index (χ0n) is 11.2. The van der Waals surface area contributed by atoms with Crippen molar-refractivity contribution in [3.05, 3.63) is 0 Å². The van der Waals surface area contributed by atoms with E-state index in [1.165, 1.54) is 0 Å². The molecular weight excluding hydrogens is 218 g/mol. The minimum absolute atomic E-state index is 0.0574. The zero-order valence-corrected chi connectivity index (χ0v) is 11.2. The molecule has 1 rings (SSSR count). The first kappa shape index (κ1) is 14.4. The van der Waals surface area contributed by atoms with Crippen LogP contribution in [-0.2, 0) is 9.53 Å². The maximum Gasteiger partial charge on any atom is 0.239 e. The Kier molecular flexibility index (Phi) is 5.88. The SMILES string of the molecule is CNC(C)(C)C(=O)NCCCN1CCOCC1. The number of likely N-dealkylation sites (N-methyl/N-ethyl adjacent to an activating group) is 1. The number of hydrogen-bond acceptors (Lipinski definition) is 4. The molecule has 0 aromatic rings. The second-order valence-corrected chi connectivity index (χ2v) is 4.94. The lowest BCUT2D eigenvalue weighted by molar-refractivity contribution is -0.126. The van der Waals surface area contributed by atoms with Gasteiger partial charge in [-0.3, -0.25) is 9.69 Å². The number of amides is 1. The molecule has 1 fully saturated rings. The smallest absolute Gasteiger partial charge is 0.239 e. The highest BCUT2D eigenvalue weighted by molar-refractivity contribution is 5.85. The number of nitrogens with one attached hydrogen (secondary N) is 2. The van der Waals surface area contributed by atoms with Crippen LogP contribution >= 0.6 is 0 Å². The molecule has 2 N–H and O–H groups in total. The normalized spacial score (nSPS) is 18.1. The van der Waals surface area contributed by atoms with Crippen LogP contribution in [0.2, 0.25) is 0 Å². The van der Waals surface area contributed by atoms with Gasteiger partial charge in [-0.15, -0.1) is 0 Å². The Bertz CT molecular complexity index is 238. The standard InChI is InChI=1S/C12H25N3O2/c1-12(2,13-3)11(16)14-5-4-6-15-7-9-17-10-8-15/h13H,4-10H2,1-3H3,(H,14,16). The Morgan fingerprint density at radius 3 is 2.59 bits per heavy atom. The Balaban J connectivity index is 2.09. The molecule has 0 spiro atoms. The van der Waals surface area contributed by atoms with E-state index in [1.54, 1.807) is 7.05 Å². The van der Waals surface area contributed by atoms with E-state index in [1.807, 2.05) is 13.8 Å². The van der Waals surface area contributed by atoms with Crippen molar-refractivity contribution in [3.8, 4) is 0 Å². The minimum Gasteiger partial charge on any atom is -0.379 e. The fourth-order valence-corrected chi connectivity index (χ4v) is 1.66. The van der Waals surface area contributed by atoms with Gasteiger partial charge in [-0.2, -0.15) is 0 Å². The van der Waals surface area contributed by atoms with Gasteiger partial charge < -0.3 is 15.4 Å². The van der Waals surface area contributed by atoms with E-state index < -0.39 is 5.54 Å². The van der Waals surface area contributed by atoms with Crippen molar-refractivity contribution < 1.29 is 9.53 Å². The zero-order chi connectivity index (χ0) is 12.7. The number of ether oxygens (including phenoxy) is 1. The summed E-state index contributed by atoms with van der Waals surface area (Å²) in [4.78, 5) is 14.1. The maximum absolute atomic E-state index is 11.7. The fourth-order valence-electron chi connectivity index (χ4n) is 1.66. The van der Waals surface area contributed by atoms with Crippen LogP contribution in [0.25, 0.3) is 0 Å². The number of nitrogens with zero attached hydrogens (tertiary/aromatic N) is 1. The third kappa shape index (κ3) is 5.02. The van der Waals surface area contributed by atoms with Gasteiger partial charge in [0.05, 0.1) is 18.8 Å². The second kappa shape index (κ2) is 6.93. The van der Waals surface area contributed by atoms with E-state index >= 15 is 0 Å². The molecular formula is C12H25N3O2. The molecule has 5 heteroatoms. The molecule has 17 heavy (non-hydrogen) atoms. The van der Waals surface area contributed by atoms with E-state index in [0.29, 0.717) is 0 Å². The second-order valence-electron chi connectivity index (χ2n) is 4.94. The number of hydrogen-bond donors (Lipinski definition) is 2. The molecule has 0 aliphatic carbocycles. The van der Waals surface area contributed by atoms with Crippen LogP contribution < -0.4 is 10.6 Å². The van der Waals surface area contributed by atoms with E-state index in [-0.39, 0.29) is 5.91 Å². The average molecular weight is 243 g/mol. The van der Waals surface area contributed by atoms with Gasteiger partial charge in [-0.25, -0.2) is 0 Å². The lowest BCUT2D eigenvalue weighted by Crippen LogP contribution is -2.51. The molecule has 1 aliphatic heterocycles. The summed E-state index contributed by atoms with van der Waals surface area (Å²) in [5.41, 5.74) is -0.487. The van der Waals surface area contributed by atoms with Crippen LogP contribution in [0.1, 0.15) is 20.3 Å². The molecule has 0 unspecified atom stereocenters. The third-order valence-electron chi connectivity index (χ3n) is 3.23. The molecule has 1 aliphatic rings. The molecule has 0 radical (unpaired) electrons. The maximum atomic E-state index is 11.7. The number of rotatable bonds is 6. The van der Waals surface area contributed by atoms with Gasteiger partial charge in [0, 0.05) is 19.6 Å². The van der Waals surface area contributed by atoms with Gasteiger partial charge >= 0.3 is 0 Å². The van der Waals surface area contributed by atoms with E-state index in [0.717, 1.165) is 45.8 Å². The van der Waals surface area contributed by atoms with Gasteiger partial charge in [0.1, 0.15) is 0 Å². The summed E-state index contributed by atoms with van der Waals surface area (Å²) in [6.45, 7) is 9.21. The molecule has 0 bridgehead atoms. The van der Waals surface area contributed by atoms with Crippen LogP contribution in [0.5, 0.6) is 0 Å². The first-order chi connectivity index (χ1) is 8.06. The molecule has 1 saturated heterocycles. The van der Waals surface area contributed by atoms with Crippen molar-refractivity contribution in [1.82, 2.24) is 15.5 Å². The predicted molar refractivity (Wildman–Crippen MR) is 68.0 cm³/mol. The van der Waals surface area contributed by atoms with Crippen LogP contribution in [0.3, 0.4) is 0 Å². The lowest BCUT2D eigenvalue weighted by atomic mass is 10.1. The molecule has 0 aromatic carbocycles. The predicted octanol–water partition coefficient (Wildman–Crippen LogP) is -0.177. The van der Waals surface area contributed by atoms with Crippen LogP contribution in [0, 0.1) is 0 Å². The van der Waals surface area contributed by atoms with Crippen LogP contribution in [-0.4, -0.2) is 62.8 Å². The summed E-state index contributed by atoms with van der Waals surface area (Å²) < 4.78 is 5.28. The first-order valence-electron chi connectivity index (χ1n) is 6.33. The Labute approximate surface area is 104 Å². The quantitative estimate of drug-likeness (QED) is 0.636. The summed E-state index contributed by atoms with van der Waals surface area (Å²) >= 11 is 0. The minimum atomic E-state index is -0.487. The van der Waals surface area contributed by atoms with Crippen molar-refractivity contribution in [2.45, 2.75) is 25.8 Å². The van der Waals surface area contributed by atoms with Crippen molar-refractivity contribution in [3.63, 3.8) is 0 Å². The molecule has 100 valence electrons. The summed E-state index contributed by atoms with van der Waals surface area (Å²) in [6.07, 6.45) is 0.992. The monoisotopic (exact) mass is 243 g/mol. The summed E-state index contributed by atoms with van der Waals surface area (Å²) in [5.74, 6) is 0.0574. The third-order valence-corrected chi connectivity index (χ3v) is 3.23. The number of morpholine rings is 1.